The van der Waals surface area contributed by atoms with E-state index in [1.54, 1.807) is 18.2 Å². The molecule has 1 aromatic carbocycles. The number of benzene rings is 1. The lowest BCUT2D eigenvalue weighted by Crippen LogP contribution is -2.42. The molecule has 5 nitrogen and oxygen atoms in total. The van der Waals surface area contributed by atoms with Crippen molar-refractivity contribution in [2.75, 3.05) is 7.11 Å². The van der Waals surface area contributed by atoms with Crippen LogP contribution in [0.25, 0.3) is 0 Å². The molecule has 1 aliphatic heterocycles. The van der Waals surface area contributed by atoms with Crippen molar-refractivity contribution in [3.8, 4) is 5.75 Å². The summed E-state index contributed by atoms with van der Waals surface area (Å²) < 4.78 is 27.2. The molecule has 2 rings (SSSR count). The fourth-order valence-electron chi connectivity index (χ4n) is 1.89. The zero-order valence-corrected chi connectivity index (χ0v) is 13.0. The number of ether oxygens (including phenoxy) is 1. The van der Waals surface area contributed by atoms with Crippen molar-refractivity contribution in [3.63, 3.8) is 0 Å². The van der Waals surface area contributed by atoms with Gasteiger partial charge in [-0.15, -0.1) is 0 Å². The standard InChI is InChI=1S/C13H12BrNO4S/c1-19-11-5-6-12(14)10(8-11)9-15(16)7-3-2-4-13(15)20(17)18/h2-8H,9H2,1H3. The van der Waals surface area contributed by atoms with Crippen LogP contribution in [0.2, 0.25) is 0 Å². The van der Waals surface area contributed by atoms with Gasteiger partial charge in [0.15, 0.2) is 0 Å². The van der Waals surface area contributed by atoms with Crippen molar-refractivity contribution in [1.82, 2.24) is 0 Å². The van der Waals surface area contributed by atoms with Crippen LogP contribution in [0.1, 0.15) is 5.56 Å². The highest BCUT2D eigenvalue weighted by Gasteiger charge is 2.26. The molecule has 1 aliphatic rings. The molecule has 1 heterocycles. The van der Waals surface area contributed by atoms with Crippen LogP contribution in [0.5, 0.6) is 5.75 Å². The van der Waals surface area contributed by atoms with Crippen molar-refractivity contribution in [3.05, 3.63) is 57.9 Å². The minimum Gasteiger partial charge on any atom is -0.621 e. The number of hydrogen-bond acceptors (Lipinski definition) is 4. The van der Waals surface area contributed by atoms with Crippen LogP contribution in [-0.2, 0) is 16.8 Å². The number of hydroxylamine groups is 3. The molecule has 0 bridgehead atoms. The Morgan fingerprint density at radius 2 is 2.10 bits per heavy atom. The summed E-state index contributed by atoms with van der Waals surface area (Å²) >= 11 is 3.36. The predicted molar refractivity (Wildman–Crippen MR) is 80.2 cm³/mol. The van der Waals surface area contributed by atoms with Gasteiger partial charge in [0, 0.05) is 16.1 Å². The minimum absolute atomic E-state index is 0.0397. The second kappa shape index (κ2) is 5.92. The highest BCUT2D eigenvalue weighted by molar-refractivity contribution is 9.10. The summed E-state index contributed by atoms with van der Waals surface area (Å²) in [6.45, 7) is -0.0397. The molecule has 1 aromatic rings. The Bertz CT molecular complexity index is 716. The number of nitrogens with zero attached hydrogens (tertiary/aromatic N) is 1. The molecule has 20 heavy (non-hydrogen) atoms. The summed E-state index contributed by atoms with van der Waals surface area (Å²) in [5, 5.41) is 12.7. The Morgan fingerprint density at radius 3 is 2.75 bits per heavy atom. The Kier molecular flexibility index (Phi) is 4.44. The van der Waals surface area contributed by atoms with Crippen molar-refractivity contribution < 1.29 is 17.8 Å². The molecule has 0 saturated carbocycles. The number of methoxy groups -OCH3 is 1. The van der Waals surface area contributed by atoms with Crippen LogP contribution in [0.3, 0.4) is 0 Å². The quantitative estimate of drug-likeness (QED) is 0.473. The maximum absolute atomic E-state index is 12.7. The molecule has 0 N–H and O–H groups in total. The average Bonchev–Trinajstić information content (AvgIpc) is 2.41. The Hall–Kier alpha value is -1.41. The molecular weight excluding hydrogens is 346 g/mol. The van der Waals surface area contributed by atoms with Crippen molar-refractivity contribution in [2.24, 2.45) is 0 Å². The summed E-state index contributed by atoms with van der Waals surface area (Å²) in [4.78, 5) is -0.220. The van der Waals surface area contributed by atoms with Gasteiger partial charge in [0.25, 0.3) is 15.3 Å². The summed E-state index contributed by atoms with van der Waals surface area (Å²) in [6, 6.07) is 5.22. The highest BCUT2D eigenvalue weighted by Crippen LogP contribution is 2.27. The number of halogens is 1. The number of rotatable bonds is 3. The first kappa shape index (κ1) is 15.0. The number of hydrogen-bond donors (Lipinski definition) is 0. The van der Waals surface area contributed by atoms with E-state index in [1.807, 2.05) is 0 Å². The lowest BCUT2D eigenvalue weighted by molar-refractivity contribution is -0.744. The van der Waals surface area contributed by atoms with Gasteiger partial charge in [-0.25, -0.2) is 0 Å². The molecular formula is C13H12BrNO4S. The second-order valence-corrected chi connectivity index (χ2v) is 5.93. The molecule has 0 amide bonds. The number of quaternary nitrogens is 1. The predicted octanol–water partition coefficient (Wildman–Crippen LogP) is 2.36. The lowest BCUT2D eigenvalue weighted by atomic mass is 10.2. The van der Waals surface area contributed by atoms with Gasteiger partial charge < -0.3 is 9.94 Å². The van der Waals surface area contributed by atoms with Crippen LogP contribution < -0.4 is 4.74 Å². The first-order valence-electron chi connectivity index (χ1n) is 5.70. The van der Waals surface area contributed by atoms with E-state index < -0.39 is 14.9 Å². The van der Waals surface area contributed by atoms with Crippen LogP contribution in [0.15, 0.2) is 47.1 Å². The van der Waals surface area contributed by atoms with Gasteiger partial charge in [-0.2, -0.15) is 8.42 Å². The van der Waals surface area contributed by atoms with Crippen molar-refractivity contribution >= 4 is 31.2 Å². The molecule has 1 atom stereocenters. The van der Waals surface area contributed by atoms with Gasteiger partial charge in [0.1, 0.15) is 18.5 Å². The first-order chi connectivity index (χ1) is 9.46. The van der Waals surface area contributed by atoms with Gasteiger partial charge >= 0.3 is 0 Å². The van der Waals surface area contributed by atoms with Crippen molar-refractivity contribution in [2.45, 2.75) is 6.54 Å². The van der Waals surface area contributed by atoms with E-state index >= 15 is 0 Å². The normalized spacial score (nSPS) is 21.1. The van der Waals surface area contributed by atoms with E-state index in [2.05, 4.69) is 15.9 Å². The van der Waals surface area contributed by atoms with E-state index in [-0.39, 0.29) is 11.5 Å². The molecule has 0 fully saturated rings. The first-order valence-corrected chi connectivity index (χ1v) is 7.57. The molecule has 106 valence electrons. The third-order valence-electron chi connectivity index (χ3n) is 2.88. The third-order valence-corrected chi connectivity index (χ3v) is 4.44. The van der Waals surface area contributed by atoms with Crippen LogP contribution in [-0.4, -0.2) is 25.2 Å². The fraction of sp³-hybridized carbons (Fsp3) is 0.154. The van der Waals surface area contributed by atoms with Crippen LogP contribution >= 0.6 is 15.9 Å². The van der Waals surface area contributed by atoms with Gasteiger partial charge in [-0.1, -0.05) is 15.9 Å². The molecule has 0 aromatic heterocycles. The summed E-state index contributed by atoms with van der Waals surface area (Å²) in [7, 11) is -1.04. The Morgan fingerprint density at radius 1 is 1.35 bits per heavy atom. The smallest absolute Gasteiger partial charge is 0.277 e. The summed E-state index contributed by atoms with van der Waals surface area (Å²) in [6.07, 6.45) is 5.68. The maximum atomic E-state index is 12.7. The van der Waals surface area contributed by atoms with Crippen LogP contribution in [0, 0.1) is 5.21 Å². The Labute approximate surface area is 126 Å². The minimum atomic E-state index is -2.57. The molecule has 7 heteroatoms. The van der Waals surface area contributed by atoms with Gasteiger partial charge in [0.05, 0.1) is 7.11 Å². The van der Waals surface area contributed by atoms with E-state index in [4.69, 9.17) is 4.74 Å². The maximum Gasteiger partial charge on any atom is 0.277 e. The zero-order chi connectivity index (χ0) is 14.8. The van der Waals surface area contributed by atoms with Gasteiger partial charge in [-0.05, 0) is 30.4 Å². The summed E-state index contributed by atoms with van der Waals surface area (Å²) in [5.41, 5.74) is 0.669. The molecule has 0 spiro atoms. The fourth-order valence-corrected chi connectivity index (χ4v) is 2.83. The van der Waals surface area contributed by atoms with E-state index in [9.17, 15) is 13.6 Å². The largest absolute Gasteiger partial charge is 0.621 e. The molecule has 0 aliphatic carbocycles. The molecule has 0 radical (unpaired) electrons. The zero-order valence-electron chi connectivity index (χ0n) is 10.6. The lowest BCUT2D eigenvalue weighted by Gasteiger charge is -2.38. The van der Waals surface area contributed by atoms with Crippen LogP contribution in [0.4, 0.5) is 0 Å². The van der Waals surface area contributed by atoms with Gasteiger partial charge in [-0.3, -0.25) is 4.65 Å². The SMILES string of the molecule is COc1ccc(Br)c(C[N+]2([O-])C=CC=CC2=S(=O)=O)c1. The highest BCUT2D eigenvalue weighted by atomic mass is 79.9. The third kappa shape index (κ3) is 3.01. The second-order valence-electron chi connectivity index (χ2n) is 4.18. The van der Waals surface area contributed by atoms with E-state index in [0.717, 1.165) is 4.47 Å². The van der Waals surface area contributed by atoms with E-state index in [1.165, 1.54) is 31.5 Å². The average molecular weight is 358 g/mol. The molecule has 0 saturated heterocycles. The topological polar surface area (TPSA) is 66.4 Å². The monoisotopic (exact) mass is 357 g/mol. The Balaban J connectivity index is 2.45. The van der Waals surface area contributed by atoms with Crippen molar-refractivity contribution in [1.29, 1.82) is 0 Å². The summed E-state index contributed by atoms with van der Waals surface area (Å²) in [5.74, 6) is 0.608. The number of allylic oxidation sites excluding steroid dienone is 2. The van der Waals surface area contributed by atoms with E-state index in [0.29, 0.717) is 11.3 Å². The molecule has 1 unspecified atom stereocenters. The van der Waals surface area contributed by atoms with Gasteiger partial charge in [0.2, 0.25) is 0 Å².